The first kappa shape index (κ1) is 20.2. The summed E-state index contributed by atoms with van der Waals surface area (Å²) in [7, 11) is 1.83. The molecule has 0 aromatic carbocycles. The van der Waals surface area contributed by atoms with Gasteiger partial charge in [0, 0.05) is 33.4 Å². The molecular weight excluding hydrogens is 288 g/mol. The smallest absolute Gasteiger partial charge is 0.190 e. The first-order valence-electron chi connectivity index (χ1n) is 9.50. The summed E-state index contributed by atoms with van der Waals surface area (Å²) in [6.07, 6.45) is 7.28. The van der Waals surface area contributed by atoms with Gasteiger partial charge in [-0.2, -0.15) is 0 Å². The molecule has 0 amide bonds. The Hall–Kier alpha value is -0.810. The summed E-state index contributed by atoms with van der Waals surface area (Å²) in [4.78, 5) is 6.86. The van der Waals surface area contributed by atoms with Crippen LogP contribution in [0.2, 0.25) is 0 Å². The second-order valence-corrected chi connectivity index (χ2v) is 6.62. The molecule has 5 nitrogen and oxygen atoms in total. The highest BCUT2D eigenvalue weighted by atomic mass is 16.5. The Morgan fingerprint density at radius 2 is 1.74 bits per heavy atom. The van der Waals surface area contributed by atoms with Crippen LogP contribution in [0.5, 0.6) is 0 Å². The molecule has 0 aromatic rings. The number of likely N-dealkylation sites (tertiary alicyclic amines) is 1. The van der Waals surface area contributed by atoms with Gasteiger partial charge in [-0.15, -0.1) is 0 Å². The van der Waals surface area contributed by atoms with E-state index in [4.69, 9.17) is 4.74 Å². The number of nitrogens with zero attached hydrogens (tertiary/aromatic N) is 2. The molecule has 0 spiro atoms. The minimum absolute atomic E-state index is 0.831. The molecule has 0 radical (unpaired) electrons. The highest BCUT2D eigenvalue weighted by molar-refractivity contribution is 5.79. The second kappa shape index (κ2) is 13.6. The quantitative estimate of drug-likeness (QED) is 0.348. The van der Waals surface area contributed by atoms with E-state index in [0.29, 0.717) is 0 Å². The third kappa shape index (κ3) is 10.6. The van der Waals surface area contributed by atoms with Crippen LogP contribution in [0, 0.1) is 5.92 Å². The first-order chi connectivity index (χ1) is 11.3. The Morgan fingerprint density at radius 3 is 2.39 bits per heavy atom. The molecule has 5 heteroatoms. The van der Waals surface area contributed by atoms with Crippen molar-refractivity contribution in [2.24, 2.45) is 10.9 Å². The third-order valence-corrected chi connectivity index (χ3v) is 4.44. The Kier molecular flexibility index (Phi) is 12.0. The highest BCUT2D eigenvalue weighted by Gasteiger charge is 2.14. The summed E-state index contributed by atoms with van der Waals surface area (Å²) in [6.45, 7) is 11.9. The zero-order valence-electron chi connectivity index (χ0n) is 15.6. The van der Waals surface area contributed by atoms with E-state index in [1.165, 1.54) is 45.3 Å². The van der Waals surface area contributed by atoms with Gasteiger partial charge in [0.05, 0.1) is 0 Å². The van der Waals surface area contributed by atoms with Gasteiger partial charge in [-0.25, -0.2) is 0 Å². The van der Waals surface area contributed by atoms with Crippen LogP contribution in [0.15, 0.2) is 4.99 Å². The number of guanidine groups is 1. The van der Waals surface area contributed by atoms with Crippen molar-refractivity contribution in [3.8, 4) is 0 Å². The number of unbranched alkanes of at least 4 members (excludes halogenated alkanes) is 1. The molecule has 0 atom stereocenters. The number of piperidine rings is 1. The molecule has 0 unspecified atom stereocenters. The van der Waals surface area contributed by atoms with Gasteiger partial charge in [0.15, 0.2) is 5.96 Å². The molecule has 0 aromatic heterocycles. The molecule has 1 heterocycles. The largest absolute Gasteiger partial charge is 0.381 e. The number of nitrogens with one attached hydrogen (secondary N) is 2. The van der Waals surface area contributed by atoms with Gasteiger partial charge in [-0.05, 0) is 57.7 Å². The number of ether oxygens (including phenoxy) is 1. The number of aliphatic imine (C=N–C) groups is 1. The summed E-state index contributed by atoms with van der Waals surface area (Å²) in [5.41, 5.74) is 0. The normalized spacial score (nSPS) is 17.4. The van der Waals surface area contributed by atoms with Gasteiger partial charge in [0.2, 0.25) is 0 Å². The SMILES string of the molecule is CCCCOCCCNC(=NC)NCCCN1CCC(C)CC1. The maximum absolute atomic E-state index is 5.56. The molecule has 1 aliphatic heterocycles. The Bertz CT molecular complexity index is 301. The van der Waals surface area contributed by atoms with Crippen LogP contribution in [-0.4, -0.2) is 63.8 Å². The molecule has 0 saturated carbocycles. The summed E-state index contributed by atoms with van der Waals surface area (Å²) in [6, 6.07) is 0. The Balaban J connectivity index is 1.95. The van der Waals surface area contributed by atoms with Crippen LogP contribution in [0.25, 0.3) is 0 Å². The van der Waals surface area contributed by atoms with E-state index in [-0.39, 0.29) is 0 Å². The van der Waals surface area contributed by atoms with Crippen LogP contribution in [-0.2, 0) is 4.74 Å². The summed E-state index contributed by atoms with van der Waals surface area (Å²) in [5, 5.41) is 6.75. The maximum atomic E-state index is 5.56. The average Bonchev–Trinajstić information content (AvgIpc) is 2.57. The van der Waals surface area contributed by atoms with E-state index < -0.39 is 0 Å². The van der Waals surface area contributed by atoms with E-state index >= 15 is 0 Å². The van der Waals surface area contributed by atoms with Crippen molar-refractivity contribution < 1.29 is 4.74 Å². The predicted octanol–water partition coefficient (Wildman–Crippen LogP) is 2.48. The van der Waals surface area contributed by atoms with Gasteiger partial charge in [-0.1, -0.05) is 20.3 Å². The lowest BCUT2D eigenvalue weighted by molar-refractivity contribution is 0.129. The van der Waals surface area contributed by atoms with Crippen LogP contribution < -0.4 is 10.6 Å². The lowest BCUT2D eigenvalue weighted by Crippen LogP contribution is -2.40. The van der Waals surface area contributed by atoms with Gasteiger partial charge in [-0.3, -0.25) is 4.99 Å². The lowest BCUT2D eigenvalue weighted by atomic mass is 9.99. The van der Waals surface area contributed by atoms with Crippen molar-refractivity contribution in [2.45, 2.75) is 52.4 Å². The molecule has 1 saturated heterocycles. The minimum atomic E-state index is 0.831. The summed E-state index contributed by atoms with van der Waals surface area (Å²) >= 11 is 0. The van der Waals surface area contributed by atoms with E-state index in [1.807, 2.05) is 7.05 Å². The topological polar surface area (TPSA) is 48.9 Å². The van der Waals surface area contributed by atoms with Crippen molar-refractivity contribution in [3.05, 3.63) is 0 Å². The average molecular weight is 327 g/mol. The third-order valence-electron chi connectivity index (χ3n) is 4.44. The molecule has 1 fully saturated rings. The van der Waals surface area contributed by atoms with Crippen LogP contribution >= 0.6 is 0 Å². The van der Waals surface area contributed by atoms with Gasteiger partial charge in [0.1, 0.15) is 0 Å². The summed E-state index contributed by atoms with van der Waals surface area (Å²) in [5.74, 6) is 1.82. The standard InChI is InChI=1S/C18H38N4O/c1-4-5-15-23-16-7-11-21-18(19-3)20-10-6-12-22-13-8-17(2)9-14-22/h17H,4-16H2,1-3H3,(H2,19,20,21). The zero-order valence-corrected chi connectivity index (χ0v) is 15.6. The van der Waals surface area contributed by atoms with Crippen molar-refractivity contribution in [2.75, 3.05) is 53.0 Å². The monoisotopic (exact) mass is 326 g/mol. The van der Waals surface area contributed by atoms with Crippen molar-refractivity contribution in [1.82, 2.24) is 15.5 Å². The molecule has 136 valence electrons. The fourth-order valence-electron chi connectivity index (χ4n) is 2.75. The van der Waals surface area contributed by atoms with Gasteiger partial charge < -0.3 is 20.3 Å². The number of hydrogen-bond acceptors (Lipinski definition) is 3. The predicted molar refractivity (Wildman–Crippen MR) is 99.2 cm³/mol. The number of hydrogen-bond donors (Lipinski definition) is 2. The Morgan fingerprint density at radius 1 is 1.09 bits per heavy atom. The second-order valence-electron chi connectivity index (χ2n) is 6.62. The fraction of sp³-hybridized carbons (Fsp3) is 0.944. The maximum Gasteiger partial charge on any atom is 0.190 e. The fourth-order valence-corrected chi connectivity index (χ4v) is 2.75. The van der Waals surface area contributed by atoms with Gasteiger partial charge in [0.25, 0.3) is 0 Å². The van der Waals surface area contributed by atoms with Crippen molar-refractivity contribution in [1.29, 1.82) is 0 Å². The molecule has 2 N–H and O–H groups in total. The molecule has 0 aliphatic carbocycles. The first-order valence-corrected chi connectivity index (χ1v) is 9.50. The van der Waals surface area contributed by atoms with E-state index in [0.717, 1.165) is 51.0 Å². The molecule has 23 heavy (non-hydrogen) atoms. The molecule has 0 bridgehead atoms. The van der Waals surface area contributed by atoms with Crippen LogP contribution in [0.1, 0.15) is 52.4 Å². The van der Waals surface area contributed by atoms with E-state index in [1.54, 1.807) is 0 Å². The van der Waals surface area contributed by atoms with Crippen LogP contribution in [0.3, 0.4) is 0 Å². The minimum Gasteiger partial charge on any atom is -0.381 e. The molecule has 1 rings (SSSR count). The molecule has 1 aliphatic rings. The van der Waals surface area contributed by atoms with Gasteiger partial charge >= 0.3 is 0 Å². The molecular formula is C18H38N4O. The lowest BCUT2D eigenvalue weighted by Gasteiger charge is -2.30. The van der Waals surface area contributed by atoms with E-state index in [9.17, 15) is 0 Å². The summed E-state index contributed by atoms with van der Waals surface area (Å²) < 4.78 is 5.56. The Labute approximate surface area is 143 Å². The van der Waals surface area contributed by atoms with Crippen molar-refractivity contribution in [3.63, 3.8) is 0 Å². The number of rotatable bonds is 11. The highest BCUT2D eigenvalue weighted by Crippen LogP contribution is 2.15. The van der Waals surface area contributed by atoms with E-state index in [2.05, 4.69) is 34.4 Å². The zero-order chi connectivity index (χ0) is 16.8. The van der Waals surface area contributed by atoms with Crippen molar-refractivity contribution >= 4 is 5.96 Å². The van der Waals surface area contributed by atoms with Crippen LogP contribution in [0.4, 0.5) is 0 Å².